The first-order valence-electron chi connectivity index (χ1n) is 32.5. The largest absolute Gasteiger partial charge is 0.252 e. The Kier molecular flexibility index (Phi) is 51.7. The van der Waals surface area contributed by atoms with Gasteiger partial charge in [-0.3, -0.25) is 9.98 Å². The minimum atomic E-state index is 0. The third kappa shape index (κ3) is 44.5. The van der Waals surface area contributed by atoms with Crippen molar-refractivity contribution in [1.82, 2.24) is 0 Å². The van der Waals surface area contributed by atoms with Gasteiger partial charge in [-0.2, -0.15) is 0 Å². The molecule has 2 aromatic rings. The molecule has 0 saturated heterocycles. The summed E-state index contributed by atoms with van der Waals surface area (Å²) in [5, 5.41) is 0. The summed E-state index contributed by atoms with van der Waals surface area (Å²) in [7, 11) is 0. The summed E-state index contributed by atoms with van der Waals surface area (Å²) < 4.78 is 0. The van der Waals surface area contributed by atoms with E-state index in [2.05, 4.69) is 99.9 Å². The first-order valence-corrected chi connectivity index (χ1v) is 32.5. The van der Waals surface area contributed by atoms with Crippen molar-refractivity contribution < 1.29 is 16.5 Å². The molecule has 2 nitrogen and oxygen atoms in total. The van der Waals surface area contributed by atoms with Gasteiger partial charge >= 0.3 is 0 Å². The van der Waals surface area contributed by atoms with E-state index in [1.54, 1.807) is 0 Å². The molecular weight excluding hydrogens is 939 g/mol. The number of benzene rings is 2. The van der Waals surface area contributed by atoms with E-state index in [-0.39, 0.29) is 16.5 Å². The van der Waals surface area contributed by atoms with E-state index in [4.69, 9.17) is 9.98 Å². The van der Waals surface area contributed by atoms with Gasteiger partial charge in [0.2, 0.25) is 0 Å². The van der Waals surface area contributed by atoms with Crippen molar-refractivity contribution in [2.75, 3.05) is 0 Å². The standard InChI is InChI=1S/C71H118N2.Ni/c1-5-8-11-13-15-17-19-21-23-25-27-29-31-33-35-37-39-41-43-45-47-49-51-53-55-67-58-62-69(63-59-67)72-66(4)71(57-10-7-3)73-70-64-60-68(61-65-70)56-54-52-50-48-46-44-42-40-38-36-34-32-30-28-26-24-22-20-18-16-14-12-9-6-2;/h58-65H,5-52,57H2,1-4H3;. The summed E-state index contributed by atoms with van der Waals surface area (Å²) in [5.74, 6) is 13.6. The fraction of sp³-hybridized carbons (Fsp3) is 0.746. The molecule has 0 aliphatic heterocycles. The molecule has 0 aliphatic rings. The second kappa shape index (κ2) is 55.2. The first-order chi connectivity index (χ1) is 36.2. The topological polar surface area (TPSA) is 24.7 Å². The number of nitrogens with zero attached hydrogens (tertiary/aromatic N) is 2. The Labute approximate surface area is 472 Å². The monoisotopic (exact) mass is 1060 g/mol. The zero-order valence-electron chi connectivity index (χ0n) is 49.5. The fourth-order valence-electron chi connectivity index (χ4n) is 10.3. The maximum atomic E-state index is 5.08. The molecule has 0 bridgehead atoms. The molecule has 0 radical (unpaired) electrons. The van der Waals surface area contributed by atoms with Crippen molar-refractivity contribution in [2.24, 2.45) is 9.98 Å². The Hall–Kier alpha value is -2.61. The van der Waals surface area contributed by atoms with E-state index in [9.17, 15) is 0 Å². The van der Waals surface area contributed by atoms with Crippen molar-refractivity contribution in [1.29, 1.82) is 0 Å². The average molecular weight is 1060 g/mol. The van der Waals surface area contributed by atoms with Gasteiger partial charge in [-0.25, -0.2) is 0 Å². The summed E-state index contributed by atoms with van der Waals surface area (Å²) in [4.78, 5) is 10.1. The van der Waals surface area contributed by atoms with Gasteiger partial charge in [-0.15, -0.1) is 0 Å². The third-order valence-electron chi connectivity index (χ3n) is 15.3. The minimum Gasteiger partial charge on any atom is -0.252 e. The molecule has 0 unspecified atom stereocenters. The van der Waals surface area contributed by atoms with Crippen LogP contribution in [0.4, 0.5) is 11.4 Å². The van der Waals surface area contributed by atoms with Gasteiger partial charge < -0.3 is 0 Å². The van der Waals surface area contributed by atoms with Gasteiger partial charge in [0.25, 0.3) is 0 Å². The van der Waals surface area contributed by atoms with Crippen molar-refractivity contribution in [3.05, 3.63) is 59.7 Å². The Morgan fingerprint density at radius 3 is 0.784 bits per heavy atom. The van der Waals surface area contributed by atoms with Gasteiger partial charge in [0, 0.05) is 40.5 Å². The van der Waals surface area contributed by atoms with Crippen molar-refractivity contribution >= 4 is 22.8 Å². The third-order valence-corrected chi connectivity index (χ3v) is 15.3. The molecule has 0 amide bonds. The van der Waals surface area contributed by atoms with E-state index in [0.29, 0.717) is 0 Å². The van der Waals surface area contributed by atoms with E-state index in [0.717, 1.165) is 66.0 Å². The van der Waals surface area contributed by atoms with Gasteiger partial charge in [0.05, 0.1) is 22.8 Å². The number of hydrogen-bond acceptors (Lipinski definition) is 2. The van der Waals surface area contributed by atoms with Crippen LogP contribution >= 0.6 is 0 Å². The molecule has 0 fully saturated rings. The van der Waals surface area contributed by atoms with E-state index in [1.807, 2.05) is 0 Å². The molecular formula is C71H118N2Ni. The van der Waals surface area contributed by atoms with Crippen molar-refractivity contribution in [3.8, 4) is 23.7 Å². The van der Waals surface area contributed by atoms with Crippen molar-refractivity contribution in [2.45, 2.75) is 342 Å². The molecule has 0 heterocycles. The van der Waals surface area contributed by atoms with E-state index in [1.165, 1.54) is 283 Å². The number of aliphatic imine (C=N–C) groups is 2. The van der Waals surface area contributed by atoms with Gasteiger partial charge in [0.15, 0.2) is 0 Å². The summed E-state index contributed by atoms with van der Waals surface area (Å²) >= 11 is 0. The van der Waals surface area contributed by atoms with Crippen LogP contribution in [0.5, 0.6) is 0 Å². The summed E-state index contributed by atoms with van der Waals surface area (Å²) in [5.41, 5.74) is 6.14. The molecule has 74 heavy (non-hydrogen) atoms. The van der Waals surface area contributed by atoms with Crippen LogP contribution in [0.3, 0.4) is 0 Å². The molecule has 2 rings (SSSR count). The molecule has 0 N–H and O–H groups in total. The normalized spacial score (nSPS) is 11.6. The van der Waals surface area contributed by atoms with Crippen molar-refractivity contribution in [3.63, 3.8) is 0 Å². The minimum absolute atomic E-state index is 0. The molecule has 2 aromatic carbocycles. The maximum Gasteiger partial charge on any atom is 0.0634 e. The average Bonchev–Trinajstić information content (AvgIpc) is 3.40. The second-order valence-electron chi connectivity index (χ2n) is 22.4. The number of unbranched alkanes of at least 4 members (excludes halogenated alkanes) is 45. The Bertz CT molecular complexity index is 1680. The molecule has 0 spiro atoms. The smallest absolute Gasteiger partial charge is 0.0634 e. The Morgan fingerprint density at radius 2 is 0.527 bits per heavy atom. The molecule has 0 saturated carbocycles. The van der Waals surface area contributed by atoms with Crippen LogP contribution in [0.25, 0.3) is 0 Å². The molecule has 3 heteroatoms. The van der Waals surface area contributed by atoms with E-state index >= 15 is 0 Å². The van der Waals surface area contributed by atoms with Crippen LogP contribution < -0.4 is 0 Å². The molecule has 0 aliphatic carbocycles. The molecule has 0 atom stereocenters. The SMILES string of the molecule is CCCCCCCCCCCCCCCCCCCCCCCCC#Cc1ccc(N=C(C)C(CCCC)=Nc2ccc(C#CCCCCCCCCCCCCCCCCCCCCCCCC)cc2)cc1.[Ni]. The fourth-order valence-corrected chi connectivity index (χ4v) is 10.3. The van der Waals surface area contributed by atoms with Crippen LogP contribution in [0, 0.1) is 23.7 Å². The van der Waals surface area contributed by atoms with Gasteiger partial charge in [-0.1, -0.05) is 321 Å². The van der Waals surface area contributed by atoms with Gasteiger partial charge in [-0.05, 0) is 81.1 Å². The van der Waals surface area contributed by atoms with Crippen LogP contribution in [0.2, 0.25) is 0 Å². The summed E-state index contributed by atoms with van der Waals surface area (Å²) in [6.45, 7) is 8.95. The van der Waals surface area contributed by atoms with Crippen LogP contribution in [0.1, 0.15) is 353 Å². The molecule has 422 valence electrons. The van der Waals surface area contributed by atoms with Crippen LogP contribution in [-0.2, 0) is 16.5 Å². The maximum absolute atomic E-state index is 5.08. The predicted octanol–water partition coefficient (Wildman–Crippen LogP) is 24.4. The van der Waals surface area contributed by atoms with Crippen LogP contribution in [-0.4, -0.2) is 11.4 Å². The Balaban J connectivity index is 0.0000274. The quantitative estimate of drug-likeness (QED) is 0.0273. The van der Waals surface area contributed by atoms with Gasteiger partial charge in [0.1, 0.15) is 0 Å². The molecule has 0 aromatic heterocycles. The number of rotatable bonds is 50. The zero-order chi connectivity index (χ0) is 52.0. The summed E-state index contributed by atoms with van der Waals surface area (Å²) in [6.07, 6.45) is 67.8. The predicted molar refractivity (Wildman–Crippen MR) is 330 cm³/mol. The van der Waals surface area contributed by atoms with Crippen LogP contribution in [0.15, 0.2) is 58.5 Å². The summed E-state index contributed by atoms with van der Waals surface area (Å²) in [6, 6.07) is 16.9. The van der Waals surface area contributed by atoms with E-state index < -0.39 is 0 Å². The first kappa shape index (κ1) is 69.4. The zero-order valence-corrected chi connectivity index (χ0v) is 50.5. The number of hydrogen-bond donors (Lipinski definition) is 0. The second-order valence-corrected chi connectivity index (χ2v) is 22.4. The Morgan fingerprint density at radius 1 is 0.297 bits per heavy atom.